The Balaban J connectivity index is 1.48. The van der Waals surface area contributed by atoms with Crippen LogP contribution in [-0.2, 0) is 11.5 Å². The van der Waals surface area contributed by atoms with Gasteiger partial charge in [0.1, 0.15) is 22.9 Å². The van der Waals surface area contributed by atoms with E-state index in [2.05, 4.69) is 39.9 Å². The van der Waals surface area contributed by atoms with Gasteiger partial charge in [0, 0.05) is 31.0 Å². The second kappa shape index (κ2) is 7.15. The average molecular weight is 439 g/mol. The largest absolute Gasteiger partial charge is 0.360 e. The Labute approximate surface area is 176 Å². The summed E-state index contributed by atoms with van der Waals surface area (Å²) in [6, 6.07) is 7.24. The van der Waals surface area contributed by atoms with E-state index in [9.17, 15) is 4.79 Å². The van der Waals surface area contributed by atoms with E-state index in [1.807, 2.05) is 29.1 Å². The lowest BCUT2D eigenvalue weighted by Crippen LogP contribution is -2.22. The third kappa shape index (κ3) is 3.36. The monoisotopic (exact) mass is 438 g/mol. The van der Waals surface area contributed by atoms with Crippen LogP contribution in [-0.4, -0.2) is 44.6 Å². The zero-order chi connectivity index (χ0) is 20.9. The molecule has 0 aliphatic carbocycles. The first-order valence-corrected chi connectivity index (χ1v) is 14.3. The summed E-state index contributed by atoms with van der Waals surface area (Å²) in [5, 5.41) is 13.6. The third-order valence-corrected chi connectivity index (χ3v) is 7.93. The van der Waals surface area contributed by atoms with Gasteiger partial charge in [0.15, 0.2) is 0 Å². The molecule has 0 atom stereocenters. The fraction of sp³-hybridized carbons (Fsp3) is 0.300. The quantitative estimate of drug-likeness (QED) is 0.306. The van der Waals surface area contributed by atoms with E-state index in [4.69, 9.17) is 9.72 Å². The van der Waals surface area contributed by atoms with Crippen LogP contribution in [0.4, 0.5) is 0 Å². The van der Waals surface area contributed by atoms with Crippen LogP contribution >= 0.6 is 11.3 Å². The molecule has 154 valence electrons. The van der Waals surface area contributed by atoms with Gasteiger partial charge in [-0.3, -0.25) is 4.79 Å². The maximum Gasteiger partial charge on any atom is 0.288 e. The molecule has 0 unspecified atom stereocenters. The Hall–Kier alpha value is -2.82. The van der Waals surface area contributed by atoms with Gasteiger partial charge < -0.3 is 9.72 Å². The summed E-state index contributed by atoms with van der Waals surface area (Å²) < 4.78 is 8.70. The van der Waals surface area contributed by atoms with E-state index in [0.29, 0.717) is 17.9 Å². The molecule has 5 rings (SSSR count). The average Bonchev–Trinajstić information content (AvgIpc) is 3.38. The summed E-state index contributed by atoms with van der Waals surface area (Å²) in [4.78, 5) is 19.8. The van der Waals surface area contributed by atoms with Gasteiger partial charge >= 0.3 is 0 Å². The van der Waals surface area contributed by atoms with E-state index in [-0.39, 0.29) is 5.56 Å². The molecule has 10 heteroatoms. The molecule has 0 aliphatic heterocycles. The smallest absolute Gasteiger partial charge is 0.288 e. The minimum Gasteiger partial charge on any atom is -0.360 e. The lowest BCUT2D eigenvalue weighted by molar-refractivity contribution is 0.0817. The van der Waals surface area contributed by atoms with Gasteiger partial charge in [-0.2, -0.15) is 10.2 Å². The van der Waals surface area contributed by atoms with Crippen molar-refractivity contribution < 1.29 is 4.74 Å². The molecule has 0 radical (unpaired) electrons. The van der Waals surface area contributed by atoms with Gasteiger partial charge in [-0.15, -0.1) is 11.3 Å². The number of nitrogens with zero attached hydrogens (tertiary/aromatic N) is 4. The topological polar surface area (TPSA) is 101 Å². The van der Waals surface area contributed by atoms with Crippen LogP contribution in [0.3, 0.4) is 0 Å². The van der Waals surface area contributed by atoms with Gasteiger partial charge in [0.2, 0.25) is 0 Å². The number of thiazole rings is 1. The number of fused-ring (bicyclic) bond motifs is 4. The summed E-state index contributed by atoms with van der Waals surface area (Å²) in [5.74, 6) is 0. The minimum absolute atomic E-state index is 0.239. The van der Waals surface area contributed by atoms with Crippen LogP contribution in [0.25, 0.3) is 42.7 Å². The fourth-order valence-electron chi connectivity index (χ4n) is 3.44. The second-order valence-corrected chi connectivity index (χ2v) is 15.2. The molecule has 0 bridgehead atoms. The molecule has 4 heterocycles. The summed E-state index contributed by atoms with van der Waals surface area (Å²) in [6.07, 6.45) is 3.53. The summed E-state index contributed by atoms with van der Waals surface area (Å²) in [5.41, 5.74) is 3.00. The molecular weight excluding hydrogens is 416 g/mol. The second-order valence-electron chi connectivity index (χ2n) is 8.54. The highest BCUT2D eigenvalue weighted by Crippen LogP contribution is 2.36. The van der Waals surface area contributed by atoms with Gasteiger partial charge in [-0.1, -0.05) is 31.8 Å². The van der Waals surface area contributed by atoms with E-state index >= 15 is 0 Å². The number of rotatable bonds is 6. The number of ether oxygens (including phenoxy) is 1. The number of benzene rings is 1. The molecule has 0 saturated heterocycles. The number of aromatic nitrogens is 6. The molecule has 8 nitrogen and oxygen atoms in total. The number of H-pyrrole nitrogens is 2. The minimum atomic E-state index is -1.11. The Bertz CT molecular complexity index is 1420. The molecule has 0 saturated carbocycles. The molecule has 0 spiro atoms. The SMILES string of the molecule is C[Si](C)(C)CCOCn1ncc2c(-c3nc4[nH]c5c(=O)[nH]ncc5c4s3)cccc21. The summed E-state index contributed by atoms with van der Waals surface area (Å²) >= 11 is 1.54. The van der Waals surface area contributed by atoms with Crippen molar-refractivity contribution in [3.05, 3.63) is 40.9 Å². The predicted molar refractivity (Wildman–Crippen MR) is 123 cm³/mol. The highest BCUT2D eigenvalue weighted by Gasteiger charge is 2.17. The standard InChI is InChI=1S/C20H22N6O2SSi/c1-30(2,3)8-7-28-11-26-15-6-4-5-12(13(15)10-22-26)20-24-18-17(29-20)14-9-21-25-19(27)16(14)23-18/h4-6,9-10,23H,7-8,11H2,1-3H3,(H,25,27). The fourth-order valence-corrected chi connectivity index (χ4v) is 5.27. The van der Waals surface area contributed by atoms with Crippen molar-refractivity contribution in [2.24, 2.45) is 0 Å². The zero-order valence-corrected chi connectivity index (χ0v) is 18.8. The molecular formula is C20H22N6O2SSi. The lowest BCUT2D eigenvalue weighted by Gasteiger charge is -2.15. The molecule has 4 aromatic heterocycles. The first kappa shape index (κ1) is 19.2. The highest BCUT2D eigenvalue weighted by molar-refractivity contribution is 7.22. The van der Waals surface area contributed by atoms with Crippen LogP contribution in [0.1, 0.15) is 0 Å². The van der Waals surface area contributed by atoms with E-state index in [0.717, 1.165) is 44.2 Å². The van der Waals surface area contributed by atoms with Gasteiger partial charge in [-0.25, -0.2) is 14.8 Å². The van der Waals surface area contributed by atoms with Crippen molar-refractivity contribution in [1.29, 1.82) is 0 Å². The molecule has 2 N–H and O–H groups in total. The lowest BCUT2D eigenvalue weighted by atomic mass is 10.1. The van der Waals surface area contributed by atoms with E-state index in [1.165, 1.54) is 0 Å². The Morgan fingerprint density at radius 3 is 2.90 bits per heavy atom. The van der Waals surface area contributed by atoms with Crippen LogP contribution in [0.5, 0.6) is 0 Å². The Morgan fingerprint density at radius 1 is 1.20 bits per heavy atom. The van der Waals surface area contributed by atoms with Crippen molar-refractivity contribution in [2.75, 3.05) is 6.61 Å². The van der Waals surface area contributed by atoms with Crippen molar-refractivity contribution in [1.82, 2.24) is 29.9 Å². The number of nitrogens with one attached hydrogen (secondary N) is 2. The summed E-state index contributed by atoms with van der Waals surface area (Å²) in [6.45, 7) is 8.23. The van der Waals surface area contributed by atoms with Crippen molar-refractivity contribution >= 4 is 51.6 Å². The molecule has 30 heavy (non-hydrogen) atoms. The van der Waals surface area contributed by atoms with E-state index < -0.39 is 8.07 Å². The highest BCUT2D eigenvalue weighted by atomic mass is 32.1. The van der Waals surface area contributed by atoms with Crippen molar-refractivity contribution in [3.8, 4) is 10.6 Å². The number of hydrogen-bond donors (Lipinski definition) is 2. The van der Waals surface area contributed by atoms with Crippen LogP contribution in [0.15, 0.2) is 35.4 Å². The first-order valence-electron chi connectivity index (χ1n) is 9.79. The van der Waals surface area contributed by atoms with Crippen LogP contribution in [0, 0.1) is 0 Å². The predicted octanol–water partition coefficient (Wildman–Crippen LogP) is 4.19. The zero-order valence-electron chi connectivity index (χ0n) is 17.0. The molecule has 5 aromatic rings. The maximum atomic E-state index is 11.9. The normalized spacial score (nSPS) is 12.5. The van der Waals surface area contributed by atoms with Crippen LogP contribution < -0.4 is 5.56 Å². The molecule has 0 aliphatic rings. The first-order chi connectivity index (χ1) is 14.4. The van der Waals surface area contributed by atoms with Crippen molar-refractivity contribution in [2.45, 2.75) is 32.4 Å². The number of hydrogen-bond acceptors (Lipinski definition) is 6. The van der Waals surface area contributed by atoms with Gasteiger partial charge in [-0.05, 0) is 12.1 Å². The Morgan fingerprint density at radius 2 is 2.07 bits per heavy atom. The number of aromatic amines is 2. The maximum absolute atomic E-state index is 11.9. The molecule has 0 fully saturated rings. The van der Waals surface area contributed by atoms with Crippen LogP contribution in [0.2, 0.25) is 25.7 Å². The summed E-state index contributed by atoms with van der Waals surface area (Å²) in [7, 11) is -1.11. The third-order valence-electron chi connectivity index (χ3n) is 5.10. The Kier molecular flexibility index (Phi) is 4.57. The van der Waals surface area contributed by atoms with Crippen molar-refractivity contribution in [3.63, 3.8) is 0 Å². The molecule has 1 aromatic carbocycles. The van der Waals surface area contributed by atoms with E-state index in [1.54, 1.807) is 17.5 Å². The van der Waals surface area contributed by atoms with Gasteiger partial charge in [0.05, 0.1) is 22.6 Å². The molecule has 0 amide bonds. The van der Waals surface area contributed by atoms with Gasteiger partial charge in [0.25, 0.3) is 5.56 Å².